The van der Waals surface area contributed by atoms with E-state index in [-0.39, 0.29) is 11.8 Å². The van der Waals surface area contributed by atoms with E-state index in [1.807, 2.05) is 0 Å². The van der Waals surface area contributed by atoms with Crippen LogP contribution in [0.5, 0.6) is 0 Å². The molecule has 0 amide bonds. The number of hydrogen-bond donors (Lipinski definition) is 2. The number of hydrogen-bond acceptors (Lipinski definition) is 2. The molecule has 138 valence electrons. The van der Waals surface area contributed by atoms with E-state index in [1.165, 1.54) is 0 Å². The molecule has 6 atom stereocenters. The van der Waals surface area contributed by atoms with Crippen molar-refractivity contribution in [2.75, 3.05) is 41.3 Å². The molecule has 0 aromatic rings. The molecule has 2 aliphatic heterocycles. The molecule has 0 bridgehead atoms. The van der Waals surface area contributed by atoms with Gasteiger partial charge in [0.1, 0.15) is 11.2 Å². The summed E-state index contributed by atoms with van der Waals surface area (Å²) in [6.45, 7) is 10.3. The molecule has 2 saturated heterocycles. The van der Waals surface area contributed by atoms with Crippen molar-refractivity contribution in [2.45, 2.75) is 63.8 Å². The molecule has 2 fully saturated rings. The van der Waals surface area contributed by atoms with Crippen LogP contribution < -0.4 is 0 Å². The van der Waals surface area contributed by atoms with Crippen LogP contribution in [0.15, 0.2) is 0 Å². The van der Waals surface area contributed by atoms with Crippen LogP contribution in [0, 0.1) is 23.7 Å². The summed E-state index contributed by atoms with van der Waals surface area (Å²) in [5, 5.41) is 22.3. The van der Waals surface area contributed by atoms with E-state index >= 15 is 0 Å². The zero-order valence-corrected chi connectivity index (χ0v) is 16.9. The van der Waals surface area contributed by atoms with Gasteiger partial charge in [0.15, 0.2) is 0 Å². The minimum Gasteiger partial charge on any atom is -0.377 e. The van der Waals surface area contributed by atoms with Gasteiger partial charge in [0, 0.05) is 24.7 Å². The van der Waals surface area contributed by atoms with E-state index in [0.717, 1.165) is 22.1 Å². The number of nitrogens with zero attached hydrogens (tertiary/aromatic N) is 2. The lowest BCUT2D eigenvalue weighted by Crippen LogP contribution is -2.62. The molecule has 2 N–H and O–H groups in total. The van der Waals surface area contributed by atoms with Gasteiger partial charge in [-0.25, -0.2) is 0 Å². The topological polar surface area (TPSA) is 40.5 Å². The molecule has 0 spiro atoms. The fourth-order valence-corrected chi connectivity index (χ4v) is 4.44. The largest absolute Gasteiger partial charge is 0.377 e. The van der Waals surface area contributed by atoms with Gasteiger partial charge >= 0.3 is 0 Å². The van der Waals surface area contributed by atoms with E-state index in [1.54, 1.807) is 0 Å². The van der Waals surface area contributed by atoms with Crippen LogP contribution in [-0.4, -0.2) is 83.7 Å². The first-order chi connectivity index (χ1) is 10.7. The second-order valence-electron chi connectivity index (χ2n) is 9.93. The Hall–Kier alpha value is -0.600. The smallest absolute Gasteiger partial charge is 0.139 e. The normalized spacial score (nSPS) is 47.6. The Morgan fingerprint density at radius 3 is 1.29 bits per heavy atom. The lowest BCUT2D eigenvalue weighted by molar-refractivity contribution is -0.924. The van der Waals surface area contributed by atoms with Crippen molar-refractivity contribution in [3.05, 3.63) is 0 Å². The highest BCUT2D eigenvalue weighted by molar-refractivity contribution is 5.25. The van der Waals surface area contributed by atoms with Crippen LogP contribution in [0.4, 0.5) is 0 Å². The van der Waals surface area contributed by atoms with Gasteiger partial charge < -0.3 is 19.2 Å². The summed E-state index contributed by atoms with van der Waals surface area (Å²) < 4.78 is 1.82. The molecular weight excluding hydrogens is 300 g/mol. The molecule has 4 heteroatoms. The van der Waals surface area contributed by atoms with Crippen LogP contribution in [0.1, 0.15) is 40.5 Å². The van der Waals surface area contributed by atoms with E-state index < -0.39 is 11.2 Å². The maximum Gasteiger partial charge on any atom is 0.139 e. The quantitative estimate of drug-likeness (QED) is 0.519. The predicted molar refractivity (Wildman–Crippen MR) is 98.1 cm³/mol. The SMILES string of the molecule is CC1C[N+](C)(C)C(C)CC1(O)C#CC1(O)CC(C)[N+](C)(C)CC1C. The van der Waals surface area contributed by atoms with Gasteiger partial charge in [-0.2, -0.15) is 0 Å². The molecule has 4 nitrogen and oxygen atoms in total. The van der Waals surface area contributed by atoms with Crippen LogP contribution in [0.2, 0.25) is 0 Å². The van der Waals surface area contributed by atoms with Crippen LogP contribution >= 0.6 is 0 Å². The van der Waals surface area contributed by atoms with Crippen molar-refractivity contribution in [1.29, 1.82) is 0 Å². The van der Waals surface area contributed by atoms with Gasteiger partial charge in [-0.15, -0.1) is 0 Å². The Morgan fingerprint density at radius 2 is 1.00 bits per heavy atom. The standard InChI is InChI=1S/C20H38N2O2/c1-15-13-21(5,6)17(3)11-19(15,23)9-10-20(24)12-18(4)22(7,8)14-16(20)2/h15-18,23-24H,11-14H2,1-8H3/q+2. The first kappa shape index (κ1) is 19.7. The Labute approximate surface area is 148 Å². The Kier molecular flexibility index (Phi) is 4.92. The maximum absolute atomic E-state index is 11.1. The lowest BCUT2D eigenvalue weighted by Gasteiger charge is -2.49. The monoisotopic (exact) mass is 338 g/mol. The van der Waals surface area contributed by atoms with Gasteiger partial charge in [-0.1, -0.05) is 25.7 Å². The molecule has 24 heavy (non-hydrogen) atoms. The first-order valence-electron chi connectivity index (χ1n) is 9.36. The molecule has 0 aromatic carbocycles. The summed E-state index contributed by atoms with van der Waals surface area (Å²) in [7, 11) is 8.86. The highest BCUT2D eigenvalue weighted by Gasteiger charge is 2.49. The minimum atomic E-state index is -0.992. The van der Waals surface area contributed by atoms with Crippen LogP contribution in [0.3, 0.4) is 0 Å². The Morgan fingerprint density at radius 1 is 0.708 bits per heavy atom. The van der Waals surface area contributed by atoms with E-state index in [4.69, 9.17) is 0 Å². The molecule has 6 unspecified atom stereocenters. The molecular formula is C20H38N2O2+2. The predicted octanol–water partition coefficient (Wildman–Crippen LogP) is 1.46. The van der Waals surface area contributed by atoms with Gasteiger partial charge in [0.05, 0.1) is 53.4 Å². The first-order valence-corrected chi connectivity index (χ1v) is 9.36. The van der Waals surface area contributed by atoms with Crippen molar-refractivity contribution in [2.24, 2.45) is 11.8 Å². The van der Waals surface area contributed by atoms with Crippen molar-refractivity contribution < 1.29 is 19.2 Å². The maximum atomic E-state index is 11.1. The third-order valence-electron chi connectivity index (χ3n) is 7.21. The zero-order chi connectivity index (χ0) is 18.6. The summed E-state index contributed by atoms with van der Waals surface area (Å²) in [6.07, 6.45) is 1.32. The lowest BCUT2D eigenvalue weighted by atomic mass is 9.75. The molecule has 2 heterocycles. The fourth-order valence-electron chi connectivity index (χ4n) is 4.44. The molecule has 2 rings (SSSR count). The fraction of sp³-hybridized carbons (Fsp3) is 0.900. The highest BCUT2D eigenvalue weighted by atomic mass is 16.3. The molecule has 0 saturated carbocycles. The third kappa shape index (κ3) is 3.51. The summed E-state index contributed by atoms with van der Waals surface area (Å²) in [4.78, 5) is 0. The van der Waals surface area contributed by atoms with E-state index in [0.29, 0.717) is 24.9 Å². The van der Waals surface area contributed by atoms with E-state index in [9.17, 15) is 10.2 Å². The van der Waals surface area contributed by atoms with Gasteiger partial charge in [0.25, 0.3) is 0 Å². The molecule has 0 radical (unpaired) electrons. The van der Waals surface area contributed by atoms with Gasteiger partial charge in [-0.05, 0) is 13.8 Å². The van der Waals surface area contributed by atoms with Gasteiger partial charge in [0.2, 0.25) is 0 Å². The summed E-state index contributed by atoms with van der Waals surface area (Å²) in [6, 6.07) is 0.710. The Balaban J connectivity index is 2.25. The van der Waals surface area contributed by atoms with Crippen LogP contribution in [-0.2, 0) is 0 Å². The number of likely N-dealkylation sites (tertiary alicyclic amines) is 2. The number of piperidine rings is 2. The van der Waals surface area contributed by atoms with Crippen LogP contribution in [0.25, 0.3) is 0 Å². The van der Waals surface area contributed by atoms with Crippen molar-refractivity contribution >= 4 is 0 Å². The molecule has 0 aromatic heterocycles. The molecule has 2 aliphatic rings. The number of aliphatic hydroxyl groups is 2. The Bertz CT molecular complexity index is 502. The van der Waals surface area contributed by atoms with Gasteiger partial charge in [-0.3, -0.25) is 0 Å². The van der Waals surface area contributed by atoms with E-state index in [2.05, 4.69) is 67.7 Å². The second kappa shape index (κ2) is 5.99. The zero-order valence-electron chi connectivity index (χ0n) is 16.9. The average Bonchev–Trinajstić information content (AvgIpc) is 2.41. The minimum absolute atomic E-state index is 0.100. The number of rotatable bonds is 0. The van der Waals surface area contributed by atoms with Crippen molar-refractivity contribution in [3.63, 3.8) is 0 Å². The summed E-state index contributed by atoms with van der Waals surface area (Å²) >= 11 is 0. The third-order valence-corrected chi connectivity index (χ3v) is 7.21. The molecule has 0 aliphatic carbocycles. The second-order valence-corrected chi connectivity index (χ2v) is 9.93. The number of quaternary nitrogens is 2. The van der Waals surface area contributed by atoms with Crippen molar-refractivity contribution in [3.8, 4) is 11.8 Å². The summed E-state index contributed by atoms with van der Waals surface area (Å²) in [5.74, 6) is 6.49. The highest BCUT2D eigenvalue weighted by Crippen LogP contribution is 2.36. The van der Waals surface area contributed by atoms with Crippen molar-refractivity contribution in [1.82, 2.24) is 0 Å². The average molecular weight is 339 g/mol. The summed E-state index contributed by atoms with van der Waals surface area (Å²) in [5.41, 5.74) is -1.98.